The van der Waals surface area contributed by atoms with E-state index in [1.165, 1.54) is 18.9 Å². The van der Waals surface area contributed by atoms with Crippen molar-refractivity contribution in [1.29, 1.82) is 0 Å². The average molecular weight is 275 g/mol. The molecule has 1 aromatic carbocycles. The molecule has 1 fully saturated rings. The van der Waals surface area contributed by atoms with Crippen molar-refractivity contribution in [3.05, 3.63) is 47.8 Å². The Morgan fingerprint density at radius 2 is 2.30 bits per heavy atom. The average Bonchev–Trinajstić information content (AvgIpc) is 3.16. The summed E-state index contributed by atoms with van der Waals surface area (Å²) in [5, 5.41) is 0. The highest BCUT2D eigenvalue weighted by Crippen LogP contribution is 2.35. The van der Waals surface area contributed by atoms with Crippen LogP contribution in [-0.2, 0) is 6.61 Å². The zero-order valence-electron chi connectivity index (χ0n) is 11.4. The highest BCUT2D eigenvalue weighted by Gasteiger charge is 2.25. The van der Waals surface area contributed by atoms with E-state index in [9.17, 15) is 4.39 Å². The molecule has 1 atom stereocenters. The van der Waals surface area contributed by atoms with Crippen LogP contribution in [0.25, 0.3) is 0 Å². The van der Waals surface area contributed by atoms with E-state index >= 15 is 0 Å². The lowest BCUT2D eigenvalue weighted by Crippen LogP contribution is -2.07. The predicted molar refractivity (Wildman–Crippen MR) is 73.8 cm³/mol. The molecular weight excluding hydrogens is 257 g/mol. The molecule has 0 amide bonds. The predicted octanol–water partition coefficient (Wildman–Crippen LogP) is 2.96. The Hall–Kier alpha value is -1.88. The fraction of sp³-hybridized carbons (Fsp3) is 0.400. The van der Waals surface area contributed by atoms with Gasteiger partial charge in [0.15, 0.2) is 11.6 Å². The lowest BCUT2D eigenvalue weighted by atomic mass is 10.1. The van der Waals surface area contributed by atoms with E-state index in [2.05, 4.69) is 9.55 Å². The highest BCUT2D eigenvalue weighted by atomic mass is 19.1. The smallest absolute Gasteiger partial charge is 0.165 e. The highest BCUT2D eigenvalue weighted by molar-refractivity contribution is 5.30. The third-order valence-corrected chi connectivity index (χ3v) is 3.54. The molecule has 0 bridgehead atoms. The van der Waals surface area contributed by atoms with Crippen molar-refractivity contribution in [3.8, 4) is 5.75 Å². The van der Waals surface area contributed by atoms with Gasteiger partial charge in [-0.05, 0) is 37.5 Å². The molecule has 4 nitrogen and oxygen atoms in total. The first-order valence-corrected chi connectivity index (χ1v) is 6.83. The zero-order chi connectivity index (χ0) is 14.1. The molecule has 3 rings (SSSR count). The van der Waals surface area contributed by atoms with Crippen LogP contribution in [0, 0.1) is 5.82 Å². The van der Waals surface area contributed by atoms with Crippen LogP contribution in [-0.4, -0.2) is 9.55 Å². The van der Waals surface area contributed by atoms with Crippen molar-refractivity contribution in [2.45, 2.75) is 38.5 Å². The van der Waals surface area contributed by atoms with Crippen LogP contribution in [0.1, 0.15) is 43.1 Å². The summed E-state index contributed by atoms with van der Waals surface area (Å²) in [6, 6.07) is 5.21. The number of ether oxygens (including phenoxy) is 1. The van der Waals surface area contributed by atoms with Gasteiger partial charge in [0.1, 0.15) is 6.61 Å². The number of benzene rings is 1. The summed E-state index contributed by atoms with van der Waals surface area (Å²) in [6.07, 6.45) is 5.94. The Kier molecular flexibility index (Phi) is 3.44. The van der Waals surface area contributed by atoms with Crippen molar-refractivity contribution in [2.24, 2.45) is 5.73 Å². The summed E-state index contributed by atoms with van der Waals surface area (Å²) in [5.41, 5.74) is 7.46. The summed E-state index contributed by atoms with van der Waals surface area (Å²) in [7, 11) is 0. The maximum Gasteiger partial charge on any atom is 0.165 e. The van der Waals surface area contributed by atoms with E-state index < -0.39 is 0 Å². The van der Waals surface area contributed by atoms with Gasteiger partial charge in [-0.3, -0.25) is 0 Å². The summed E-state index contributed by atoms with van der Waals surface area (Å²) in [6.45, 7) is 2.15. The van der Waals surface area contributed by atoms with Gasteiger partial charge in [-0.15, -0.1) is 0 Å². The summed E-state index contributed by atoms with van der Waals surface area (Å²) in [5.74, 6) is -0.129. The Labute approximate surface area is 117 Å². The molecule has 2 aromatic rings. The topological polar surface area (TPSA) is 53.1 Å². The van der Waals surface area contributed by atoms with Crippen LogP contribution in [0.4, 0.5) is 4.39 Å². The van der Waals surface area contributed by atoms with E-state index in [1.54, 1.807) is 18.3 Å². The molecule has 106 valence electrons. The van der Waals surface area contributed by atoms with Crippen LogP contribution in [0.2, 0.25) is 0 Å². The molecule has 0 aliphatic heterocycles. The minimum atomic E-state index is -0.378. The second-order valence-corrected chi connectivity index (χ2v) is 5.29. The fourth-order valence-electron chi connectivity index (χ4n) is 2.19. The van der Waals surface area contributed by atoms with Gasteiger partial charge in [-0.25, -0.2) is 9.37 Å². The summed E-state index contributed by atoms with van der Waals surface area (Å²) < 4.78 is 21.6. The number of aromatic nitrogens is 2. The van der Waals surface area contributed by atoms with Crippen LogP contribution in [0.3, 0.4) is 0 Å². The van der Waals surface area contributed by atoms with Crippen LogP contribution < -0.4 is 10.5 Å². The Bertz CT molecular complexity index is 605. The number of hydrogen-bond acceptors (Lipinski definition) is 3. The molecule has 1 saturated carbocycles. The maximum absolute atomic E-state index is 13.9. The zero-order valence-corrected chi connectivity index (χ0v) is 11.4. The first-order valence-electron chi connectivity index (χ1n) is 6.83. The van der Waals surface area contributed by atoms with Gasteiger partial charge in [-0.2, -0.15) is 0 Å². The van der Waals surface area contributed by atoms with Gasteiger partial charge >= 0.3 is 0 Å². The Morgan fingerprint density at radius 3 is 2.95 bits per heavy atom. The van der Waals surface area contributed by atoms with Gasteiger partial charge in [0, 0.05) is 12.1 Å². The molecule has 0 saturated heterocycles. The summed E-state index contributed by atoms with van der Waals surface area (Å²) >= 11 is 0. The normalized spacial score (nSPS) is 16.1. The largest absolute Gasteiger partial charge is 0.484 e. The maximum atomic E-state index is 13.9. The fourth-order valence-corrected chi connectivity index (χ4v) is 2.19. The Morgan fingerprint density at radius 1 is 1.50 bits per heavy atom. The lowest BCUT2D eigenvalue weighted by Gasteiger charge is -2.11. The monoisotopic (exact) mass is 275 g/mol. The van der Waals surface area contributed by atoms with Crippen molar-refractivity contribution >= 4 is 0 Å². The number of nitrogens with two attached hydrogens (primary N) is 1. The quantitative estimate of drug-likeness (QED) is 0.912. The number of hydrogen-bond donors (Lipinski definition) is 1. The molecule has 1 aliphatic rings. The van der Waals surface area contributed by atoms with Gasteiger partial charge in [0.2, 0.25) is 0 Å². The van der Waals surface area contributed by atoms with E-state index in [0.29, 0.717) is 12.6 Å². The number of nitrogens with zero attached hydrogens (tertiary/aromatic N) is 2. The first kappa shape index (κ1) is 13.1. The Balaban J connectivity index is 1.70. The van der Waals surface area contributed by atoms with Gasteiger partial charge < -0.3 is 15.0 Å². The second kappa shape index (κ2) is 5.25. The lowest BCUT2D eigenvalue weighted by molar-refractivity contribution is 0.280. The molecule has 20 heavy (non-hydrogen) atoms. The molecule has 1 aromatic heterocycles. The van der Waals surface area contributed by atoms with Crippen LogP contribution in [0.5, 0.6) is 5.75 Å². The molecular formula is C15H18FN3O. The second-order valence-electron chi connectivity index (χ2n) is 5.29. The molecule has 0 unspecified atom stereocenters. The third kappa shape index (κ3) is 2.67. The minimum absolute atomic E-state index is 0.185. The van der Waals surface area contributed by atoms with E-state index in [1.807, 2.05) is 13.3 Å². The molecule has 1 heterocycles. The number of rotatable bonds is 5. The summed E-state index contributed by atoms with van der Waals surface area (Å²) in [4.78, 5) is 4.13. The standard InChI is InChI=1S/C15H18FN3O/c1-10(17)11-2-5-15(14(16)6-11)20-8-13-7-18-9-19(13)12-3-4-12/h2,5-7,9-10,12H,3-4,8,17H2,1H3/t10-/m1/s1. The van der Waals surface area contributed by atoms with Gasteiger partial charge in [0.05, 0.1) is 18.2 Å². The minimum Gasteiger partial charge on any atom is -0.484 e. The molecule has 2 N–H and O–H groups in total. The number of halogens is 1. The molecule has 5 heteroatoms. The van der Waals surface area contributed by atoms with E-state index in [-0.39, 0.29) is 17.6 Å². The van der Waals surface area contributed by atoms with Crippen molar-refractivity contribution in [3.63, 3.8) is 0 Å². The van der Waals surface area contributed by atoms with Crippen molar-refractivity contribution in [1.82, 2.24) is 9.55 Å². The molecule has 1 aliphatic carbocycles. The van der Waals surface area contributed by atoms with Gasteiger partial charge in [0.25, 0.3) is 0 Å². The number of imidazole rings is 1. The van der Waals surface area contributed by atoms with E-state index in [4.69, 9.17) is 10.5 Å². The van der Waals surface area contributed by atoms with Crippen molar-refractivity contribution < 1.29 is 9.13 Å². The van der Waals surface area contributed by atoms with Gasteiger partial charge in [-0.1, -0.05) is 6.07 Å². The van der Waals surface area contributed by atoms with Crippen LogP contribution >= 0.6 is 0 Å². The molecule has 0 radical (unpaired) electrons. The third-order valence-electron chi connectivity index (χ3n) is 3.54. The van der Waals surface area contributed by atoms with Crippen molar-refractivity contribution in [2.75, 3.05) is 0 Å². The first-order chi connectivity index (χ1) is 9.65. The molecule has 0 spiro atoms. The van der Waals surface area contributed by atoms with E-state index in [0.717, 1.165) is 11.3 Å². The SMILES string of the molecule is C[C@@H](N)c1ccc(OCc2cncn2C2CC2)c(F)c1. The van der Waals surface area contributed by atoms with Crippen LogP contribution in [0.15, 0.2) is 30.7 Å².